The molecule has 0 spiro atoms. The number of rotatable bonds is 4. The molecule has 2 aromatic heterocycles. The van der Waals surface area contributed by atoms with Crippen molar-refractivity contribution in [1.82, 2.24) is 19.7 Å². The summed E-state index contributed by atoms with van der Waals surface area (Å²) in [6.07, 6.45) is 3.78. The Morgan fingerprint density at radius 1 is 1.06 bits per heavy atom. The standard InChI is InChI=1S/C23H23N5OS2/c1-16-19(15-24-28(16)17-6-4-3-5-7-17)22(29)26-10-12-27(13-11-26)23-25-20-9-8-18(30-2)14-21(20)31-23/h3-9,14-15H,10-13H2,1-2H3. The van der Waals surface area contributed by atoms with E-state index in [1.54, 1.807) is 29.3 Å². The molecule has 1 fully saturated rings. The van der Waals surface area contributed by atoms with Gasteiger partial charge in [-0.05, 0) is 43.5 Å². The van der Waals surface area contributed by atoms with Crippen molar-refractivity contribution in [2.75, 3.05) is 37.3 Å². The van der Waals surface area contributed by atoms with Gasteiger partial charge in [0.2, 0.25) is 0 Å². The van der Waals surface area contributed by atoms with Crippen molar-refractivity contribution in [2.24, 2.45) is 0 Å². The maximum Gasteiger partial charge on any atom is 0.257 e. The highest BCUT2D eigenvalue weighted by atomic mass is 32.2. The highest BCUT2D eigenvalue weighted by Gasteiger charge is 2.26. The van der Waals surface area contributed by atoms with E-state index < -0.39 is 0 Å². The number of hydrogen-bond acceptors (Lipinski definition) is 6. The second kappa shape index (κ2) is 8.36. The van der Waals surface area contributed by atoms with Gasteiger partial charge in [-0.2, -0.15) is 5.10 Å². The van der Waals surface area contributed by atoms with Crippen LogP contribution in [0.15, 0.2) is 59.6 Å². The highest BCUT2D eigenvalue weighted by Crippen LogP contribution is 2.32. The fraction of sp³-hybridized carbons (Fsp3) is 0.261. The molecular formula is C23H23N5OS2. The molecule has 1 saturated heterocycles. The van der Waals surface area contributed by atoms with Gasteiger partial charge in [0.1, 0.15) is 0 Å². The smallest absolute Gasteiger partial charge is 0.257 e. The van der Waals surface area contributed by atoms with Gasteiger partial charge in [-0.3, -0.25) is 4.79 Å². The number of fused-ring (bicyclic) bond motifs is 1. The second-order valence-electron chi connectivity index (χ2n) is 7.50. The first-order valence-electron chi connectivity index (χ1n) is 10.2. The van der Waals surface area contributed by atoms with E-state index in [1.807, 2.05) is 46.8 Å². The van der Waals surface area contributed by atoms with E-state index in [0.717, 1.165) is 35.1 Å². The number of hydrogen-bond donors (Lipinski definition) is 0. The van der Waals surface area contributed by atoms with Gasteiger partial charge in [-0.15, -0.1) is 11.8 Å². The van der Waals surface area contributed by atoms with Gasteiger partial charge in [-0.25, -0.2) is 9.67 Å². The van der Waals surface area contributed by atoms with E-state index in [2.05, 4.69) is 34.5 Å². The fourth-order valence-corrected chi connectivity index (χ4v) is 5.45. The molecule has 0 unspecified atom stereocenters. The summed E-state index contributed by atoms with van der Waals surface area (Å²) in [5, 5.41) is 5.49. The molecule has 5 rings (SSSR count). The zero-order chi connectivity index (χ0) is 21.4. The van der Waals surface area contributed by atoms with Gasteiger partial charge in [-0.1, -0.05) is 29.5 Å². The number of aromatic nitrogens is 3. The number of anilines is 1. The van der Waals surface area contributed by atoms with E-state index in [9.17, 15) is 4.79 Å². The quantitative estimate of drug-likeness (QED) is 0.430. The molecule has 0 aliphatic carbocycles. The number of piperazine rings is 1. The lowest BCUT2D eigenvalue weighted by atomic mass is 10.2. The van der Waals surface area contributed by atoms with Crippen molar-refractivity contribution in [3.63, 3.8) is 0 Å². The molecule has 0 radical (unpaired) electrons. The Morgan fingerprint density at radius 3 is 2.58 bits per heavy atom. The maximum absolute atomic E-state index is 13.2. The zero-order valence-electron chi connectivity index (χ0n) is 17.5. The molecule has 8 heteroatoms. The molecule has 6 nitrogen and oxygen atoms in total. The van der Waals surface area contributed by atoms with Crippen LogP contribution in [0.2, 0.25) is 0 Å². The van der Waals surface area contributed by atoms with E-state index in [0.29, 0.717) is 18.7 Å². The van der Waals surface area contributed by atoms with Crippen molar-refractivity contribution in [2.45, 2.75) is 11.8 Å². The average molecular weight is 450 g/mol. The van der Waals surface area contributed by atoms with Crippen LogP contribution in [-0.4, -0.2) is 58.0 Å². The Bertz CT molecular complexity index is 1230. The molecule has 3 heterocycles. The van der Waals surface area contributed by atoms with Crippen LogP contribution < -0.4 is 4.90 Å². The summed E-state index contributed by atoms with van der Waals surface area (Å²) in [7, 11) is 0. The molecule has 4 aromatic rings. The van der Waals surface area contributed by atoms with Crippen molar-refractivity contribution in [1.29, 1.82) is 0 Å². The minimum Gasteiger partial charge on any atom is -0.345 e. The van der Waals surface area contributed by atoms with Crippen LogP contribution in [0.1, 0.15) is 16.1 Å². The fourth-order valence-electron chi connectivity index (χ4n) is 3.88. The van der Waals surface area contributed by atoms with Crippen LogP contribution in [0.4, 0.5) is 5.13 Å². The number of para-hydroxylation sites is 1. The summed E-state index contributed by atoms with van der Waals surface area (Å²) in [6.45, 7) is 4.88. The van der Waals surface area contributed by atoms with Crippen molar-refractivity contribution >= 4 is 44.4 Å². The van der Waals surface area contributed by atoms with Gasteiger partial charge in [0.15, 0.2) is 5.13 Å². The number of benzene rings is 2. The largest absolute Gasteiger partial charge is 0.345 e. The minimum absolute atomic E-state index is 0.0493. The van der Waals surface area contributed by atoms with Crippen LogP contribution in [0.25, 0.3) is 15.9 Å². The van der Waals surface area contributed by atoms with Gasteiger partial charge >= 0.3 is 0 Å². The third kappa shape index (κ3) is 3.81. The number of thiazole rings is 1. The normalized spacial score (nSPS) is 14.4. The van der Waals surface area contributed by atoms with E-state index in [1.165, 1.54) is 9.60 Å². The third-order valence-corrected chi connectivity index (χ3v) is 7.47. The highest BCUT2D eigenvalue weighted by molar-refractivity contribution is 7.98. The maximum atomic E-state index is 13.2. The number of thioether (sulfide) groups is 1. The Balaban J connectivity index is 1.29. The predicted octanol–water partition coefficient (Wildman–Crippen LogP) is 4.47. The lowest BCUT2D eigenvalue weighted by Crippen LogP contribution is -2.48. The predicted molar refractivity (Wildman–Crippen MR) is 128 cm³/mol. The van der Waals surface area contributed by atoms with E-state index >= 15 is 0 Å². The molecule has 31 heavy (non-hydrogen) atoms. The number of nitrogens with zero attached hydrogens (tertiary/aromatic N) is 5. The molecule has 0 atom stereocenters. The Hall–Kier alpha value is -2.84. The molecule has 0 bridgehead atoms. The monoisotopic (exact) mass is 449 g/mol. The van der Waals surface area contributed by atoms with Gasteiger partial charge in [0, 0.05) is 31.1 Å². The number of carbonyl (C=O) groups excluding carboxylic acids is 1. The molecular weight excluding hydrogens is 426 g/mol. The first-order valence-corrected chi connectivity index (χ1v) is 12.3. The van der Waals surface area contributed by atoms with Crippen LogP contribution in [0, 0.1) is 6.92 Å². The first-order chi connectivity index (χ1) is 15.1. The van der Waals surface area contributed by atoms with E-state index in [4.69, 9.17) is 4.98 Å². The van der Waals surface area contributed by atoms with Crippen molar-refractivity contribution in [3.05, 3.63) is 66.0 Å². The number of carbonyl (C=O) groups is 1. The summed E-state index contributed by atoms with van der Waals surface area (Å²) in [6, 6.07) is 16.3. The Labute approximate surface area is 189 Å². The zero-order valence-corrected chi connectivity index (χ0v) is 19.1. The SMILES string of the molecule is CSc1ccc2nc(N3CCN(C(=O)c4cnn(-c5ccccc5)c4C)CC3)sc2c1. The average Bonchev–Trinajstić information content (AvgIpc) is 3.42. The van der Waals surface area contributed by atoms with Gasteiger partial charge < -0.3 is 9.80 Å². The summed E-state index contributed by atoms with van der Waals surface area (Å²) in [5.41, 5.74) is 3.54. The Morgan fingerprint density at radius 2 is 1.84 bits per heavy atom. The summed E-state index contributed by atoms with van der Waals surface area (Å²) >= 11 is 3.47. The third-order valence-electron chi connectivity index (χ3n) is 5.66. The molecule has 1 amide bonds. The molecule has 1 aliphatic rings. The summed E-state index contributed by atoms with van der Waals surface area (Å²) < 4.78 is 3.04. The second-order valence-corrected chi connectivity index (χ2v) is 9.39. The van der Waals surface area contributed by atoms with Crippen LogP contribution >= 0.6 is 23.1 Å². The summed E-state index contributed by atoms with van der Waals surface area (Å²) in [4.78, 5) is 23.4. The topological polar surface area (TPSA) is 54.3 Å². The van der Waals surface area contributed by atoms with Crippen LogP contribution in [-0.2, 0) is 0 Å². The van der Waals surface area contributed by atoms with Crippen molar-refractivity contribution in [3.8, 4) is 5.69 Å². The molecule has 0 N–H and O–H groups in total. The molecule has 1 aliphatic heterocycles. The molecule has 0 saturated carbocycles. The lowest BCUT2D eigenvalue weighted by molar-refractivity contribution is 0.0746. The van der Waals surface area contributed by atoms with Gasteiger partial charge in [0.05, 0.1) is 33.4 Å². The van der Waals surface area contributed by atoms with Crippen LogP contribution in [0.5, 0.6) is 0 Å². The summed E-state index contributed by atoms with van der Waals surface area (Å²) in [5.74, 6) is 0.0493. The molecule has 2 aromatic carbocycles. The van der Waals surface area contributed by atoms with E-state index in [-0.39, 0.29) is 5.91 Å². The first kappa shape index (κ1) is 20.1. The minimum atomic E-state index is 0.0493. The lowest BCUT2D eigenvalue weighted by Gasteiger charge is -2.34. The molecule has 158 valence electrons. The number of amides is 1. The van der Waals surface area contributed by atoms with Crippen LogP contribution in [0.3, 0.4) is 0 Å². The Kier molecular flexibility index (Phi) is 5.41. The van der Waals surface area contributed by atoms with Gasteiger partial charge in [0.25, 0.3) is 5.91 Å². The van der Waals surface area contributed by atoms with Crippen molar-refractivity contribution < 1.29 is 4.79 Å².